The molecular weight excluding hydrogens is 773 g/mol. The van der Waals surface area contributed by atoms with Gasteiger partial charge < -0.3 is 13.9 Å². The van der Waals surface area contributed by atoms with Gasteiger partial charge in [0.05, 0.1) is 22.1 Å². The predicted molar refractivity (Wildman–Crippen MR) is 264 cm³/mol. The number of hydrogen-bond donors (Lipinski definition) is 0. The van der Waals surface area contributed by atoms with Gasteiger partial charge in [0.15, 0.2) is 0 Å². The molecule has 0 spiro atoms. The molecular formula is C58H36N2OS. The fourth-order valence-corrected chi connectivity index (χ4v) is 11.0. The van der Waals surface area contributed by atoms with Gasteiger partial charge in [-0.05, 0) is 88.3 Å². The van der Waals surface area contributed by atoms with E-state index < -0.39 is 0 Å². The van der Waals surface area contributed by atoms with Crippen LogP contribution in [0.15, 0.2) is 223 Å². The Hall–Kier alpha value is -7.92. The van der Waals surface area contributed by atoms with E-state index in [1.165, 1.54) is 69.4 Å². The Kier molecular flexibility index (Phi) is 7.78. The Morgan fingerprint density at radius 2 is 1.10 bits per heavy atom. The quantitative estimate of drug-likeness (QED) is 0.167. The Labute approximate surface area is 361 Å². The summed E-state index contributed by atoms with van der Waals surface area (Å²) in [6.07, 6.45) is 0. The van der Waals surface area contributed by atoms with E-state index in [4.69, 9.17) is 4.42 Å². The highest BCUT2D eigenvalue weighted by atomic mass is 32.1. The van der Waals surface area contributed by atoms with Gasteiger partial charge in [0.2, 0.25) is 0 Å². The Balaban J connectivity index is 0.984. The molecule has 62 heavy (non-hydrogen) atoms. The van der Waals surface area contributed by atoms with Crippen molar-refractivity contribution in [1.82, 2.24) is 4.57 Å². The van der Waals surface area contributed by atoms with Crippen LogP contribution < -0.4 is 4.90 Å². The number of aromatic nitrogens is 1. The van der Waals surface area contributed by atoms with Crippen molar-refractivity contribution in [2.24, 2.45) is 0 Å². The Bertz CT molecular complexity index is 3860. The van der Waals surface area contributed by atoms with Crippen molar-refractivity contribution < 1.29 is 4.42 Å². The molecule has 0 N–H and O–H groups in total. The molecule has 13 rings (SSSR count). The van der Waals surface area contributed by atoms with Crippen molar-refractivity contribution in [2.45, 2.75) is 0 Å². The van der Waals surface area contributed by atoms with Gasteiger partial charge in [-0.3, -0.25) is 0 Å². The van der Waals surface area contributed by atoms with Crippen LogP contribution in [0.25, 0.3) is 103 Å². The van der Waals surface area contributed by atoms with Crippen molar-refractivity contribution in [2.75, 3.05) is 4.90 Å². The number of nitrogens with zero attached hydrogens (tertiary/aromatic N) is 2. The average molecular weight is 809 g/mol. The van der Waals surface area contributed by atoms with Gasteiger partial charge in [-0.25, -0.2) is 0 Å². The third kappa shape index (κ3) is 5.37. The van der Waals surface area contributed by atoms with Crippen molar-refractivity contribution >= 4 is 103 Å². The molecule has 0 radical (unpaired) electrons. The van der Waals surface area contributed by atoms with Crippen LogP contribution in [0.4, 0.5) is 17.1 Å². The minimum atomic E-state index is 0.871. The molecule has 0 fully saturated rings. The molecule has 0 aliphatic heterocycles. The van der Waals surface area contributed by atoms with E-state index in [0.717, 1.165) is 50.3 Å². The highest BCUT2D eigenvalue weighted by Crippen LogP contribution is 2.47. The second-order valence-electron chi connectivity index (χ2n) is 16.0. The summed E-state index contributed by atoms with van der Waals surface area (Å²) in [5.41, 5.74) is 13.4. The standard InChI is InChI=1S/C58H36N2OS/c1-3-13-38(14-4-1)45-20-11-21-49-47-34-31-43(36-55(47)62-58(45)49)59(51-22-12-24-54-56(51)50-19-9-10-23-53(50)61-54)42-29-25-37(26-30-42)40-28-32-46-48-33-27-39-15-7-8-18-44(39)57(48)60(52(46)35-40)41-16-5-2-6-17-41/h1-36H. The Morgan fingerprint density at radius 1 is 0.419 bits per heavy atom. The van der Waals surface area contributed by atoms with Gasteiger partial charge in [-0.2, -0.15) is 0 Å². The number of furan rings is 1. The first kappa shape index (κ1) is 34.9. The molecule has 0 amide bonds. The first-order chi connectivity index (χ1) is 30.7. The average Bonchev–Trinajstić information content (AvgIpc) is 4.02. The monoisotopic (exact) mass is 808 g/mol. The van der Waals surface area contributed by atoms with Crippen molar-refractivity contribution in [1.29, 1.82) is 0 Å². The van der Waals surface area contributed by atoms with E-state index in [-0.39, 0.29) is 0 Å². The van der Waals surface area contributed by atoms with Crippen LogP contribution >= 0.6 is 11.3 Å². The largest absolute Gasteiger partial charge is 0.456 e. The van der Waals surface area contributed by atoms with Crippen LogP contribution in [0.3, 0.4) is 0 Å². The number of fused-ring (bicyclic) bond motifs is 11. The fourth-order valence-electron chi connectivity index (χ4n) is 9.75. The molecule has 0 saturated heterocycles. The summed E-state index contributed by atoms with van der Waals surface area (Å²) in [4.78, 5) is 2.40. The molecule has 0 aliphatic carbocycles. The lowest BCUT2D eigenvalue weighted by atomic mass is 10.0. The SMILES string of the molecule is c1ccc(-c2cccc3c2sc2cc(N(c4ccc(-c5ccc6c7ccc8ccccc8c7n(-c7ccccc7)c6c5)cc4)c4cccc5oc6ccccc6c45)ccc23)cc1. The molecule has 3 heterocycles. The molecule has 0 unspecified atom stereocenters. The maximum Gasteiger partial charge on any atom is 0.137 e. The van der Waals surface area contributed by atoms with Crippen LogP contribution in [0, 0.1) is 0 Å². The maximum atomic E-state index is 6.45. The summed E-state index contributed by atoms with van der Waals surface area (Å²) in [6, 6.07) is 79.1. The minimum absolute atomic E-state index is 0.871. The lowest BCUT2D eigenvalue weighted by Gasteiger charge is -2.26. The first-order valence-corrected chi connectivity index (χ1v) is 21.9. The number of rotatable bonds is 6. The molecule has 13 aromatic rings. The number of para-hydroxylation sites is 2. The number of thiophene rings is 1. The van der Waals surface area contributed by atoms with E-state index in [2.05, 4.69) is 222 Å². The topological polar surface area (TPSA) is 21.3 Å². The van der Waals surface area contributed by atoms with E-state index in [1.807, 2.05) is 17.4 Å². The van der Waals surface area contributed by atoms with Crippen LogP contribution in [-0.4, -0.2) is 4.57 Å². The van der Waals surface area contributed by atoms with Gasteiger partial charge in [0.1, 0.15) is 11.2 Å². The third-order valence-corrected chi connectivity index (χ3v) is 13.8. The van der Waals surface area contributed by atoms with Crippen LogP contribution in [0.5, 0.6) is 0 Å². The smallest absolute Gasteiger partial charge is 0.137 e. The highest BCUT2D eigenvalue weighted by molar-refractivity contribution is 7.26. The predicted octanol–water partition coefficient (Wildman–Crippen LogP) is 17.0. The lowest BCUT2D eigenvalue weighted by Crippen LogP contribution is -2.10. The molecule has 0 aliphatic rings. The summed E-state index contributed by atoms with van der Waals surface area (Å²) >= 11 is 1.87. The fraction of sp³-hybridized carbons (Fsp3) is 0. The van der Waals surface area contributed by atoms with E-state index in [1.54, 1.807) is 0 Å². The van der Waals surface area contributed by atoms with E-state index in [0.29, 0.717) is 0 Å². The van der Waals surface area contributed by atoms with Crippen molar-refractivity contribution in [3.63, 3.8) is 0 Å². The summed E-state index contributed by atoms with van der Waals surface area (Å²) in [6.45, 7) is 0. The lowest BCUT2D eigenvalue weighted by molar-refractivity contribution is 0.669. The molecule has 4 heteroatoms. The van der Waals surface area contributed by atoms with E-state index in [9.17, 15) is 0 Å². The molecule has 290 valence electrons. The Morgan fingerprint density at radius 3 is 1.97 bits per heavy atom. The van der Waals surface area contributed by atoms with Gasteiger partial charge in [0, 0.05) is 58.8 Å². The van der Waals surface area contributed by atoms with E-state index >= 15 is 0 Å². The van der Waals surface area contributed by atoms with Crippen molar-refractivity contribution in [3.8, 4) is 27.9 Å². The normalized spacial score (nSPS) is 11.9. The van der Waals surface area contributed by atoms with Gasteiger partial charge in [-0.15, -0.1) is 11.3 Å². The molecule has 0 bridgehead atoms. The van der Waals surface area contributed by atoms with Gasteiger partial charge in [-0.1, -0.05) is 158 Å². The van der Waals surface area contributed by atoms with Crippen LogP contribution in [-0.2, 0) is 0 Å². The summed E-state index contributed by atoms with van der Waals surface area (Å²) in [7, 11) is 0. The summed E-state index contributed by atoms with van der Waals surface area (Å²) < 4.78 is 11.5. The van der Waals surface area contributed by atoms with Crippen LogP contribution in [0.2, 0.25) is 0 Å². The zero-order valence-corrected chi connectivity index (χ0v) is 34.3. The minimum Gasteiger partial charge on any atom is -0.456 e. The zero-order chi connectivity index (χ0) is 40.7. The molecule has 10 aromatic carbocycles. The molecule has 0 saturated carbocycles. The molecule has 3 nitrogen and oxygen atoms in total. The first-order valence-electron chi connectivity index (χ1n) is 21.1. The third-order valence-electron chi connectivity index (χ3n) is 12.6. The van der Waals surface area contributed by atoms with Gasteiger partial charge in [0.25, 0.3) is 0 Å². The number of anilines is 3. The number of benzene rings is 10. The van der Waals surface area contributed by atoms with Crippen LogP contribution in [0.1, 0.15) is 0 Å². The number of hydrogen-bond acceptors (Lipinski definition) is 3. The second-order valence-corrected chi connectivity index (χ2v) is 17.1. The van der Waals surface area contributed by atoms with Crippen molar-refractivity contribution in [3.05, 3.63) is 218 Å². The summed E-state index contributed by atoms with van der Waals surface area (Å²) in [5, 5.41) is 9.75. The highest BCUT2D eigenvalue weighted by Gasteiger charge is 2.22. The second kappa shape index (κ2) is 13.8. The summed E-state index contributed by atoms with van der Waals surface area (Å²) in [5.74, 6) is 0. The zero-order valence-electron chi connectivity index (χ0n) is 33.5. The molecule has 0 atom stereocenters. The maximum absolute atomic E-state index is 6.45. The molecule has 3 aromatic heterocycles. The van der Waals surface area contributed by atoms with Gasteiger partial charge >= 0.3 is 0 Å².